The Hall–Kier alpha value is -1.06. The summed E-state index contributed by atoms with van der Waals surface area (Å²) in [5.74, 6) is 0.199. The van der Waals surface area contributed by atoms with Crippen LogP contribution in [0.3, 0.4) is 0 Å². The van der Waals surface area contributed by atoms with Crippen LogP contribution in [-0.4, -0.2) is 18.0 Å². The molecule has 1 aromatic rings. The van der Waals surface area contributed by atoms with Crippen molar-refractivity contribution in [2.45, 2.75) is 38.3 Å². The third kappa shape index (κ3) is 2.02. The lowest BCUT2D eigenvalue weighted by atomic mass is 9.88. The number of carbonyl (C=O) groups excluding carboxylic acids is 1. The van der Waals surface area contributed by atoms with Crippen molar-refractivity contribution < 1.29 is 4.79 Å². The summed E-state index contributed by atoms with van der Waals surface area (Å²) in [5, 5.41) is 7.08. The van der Waals surface area contributed by atoms with Crippen molar-refractivity contribution in [3.8, 4) is 0 Å². The molecule has 0 radical (unpaired) electrons. The number of hydrogen-bond donors (Lipinski definition) is 2. The van der Waals surface area contributed by atoms with Gasteiger partial charge >= 0.3 is 0 Å². The van der Waals surface area contributed by atoms with E-state index in [4.69, 9.17) is 11.6 Å². The molecule has 2 fully saturated rings. The number of benzene rings is 1. The lowest BCUT2D eigenvalue weighted by Crippen LogP contribution is -2.33. The summed E-state index contributed by atoms with van der Waals surface area (Å²) in [7, 11) is 0. The van der Waals surface area contributed by atoms with Crippen LogP contribution in [0.1, 0.15) is 24.8 Å². The Kier molecular flexibility index (Phi) is 3.04. The minimum Gasteiger partial charge on any atom is -0.324 e. The van der Waals surface area contributed by atoms with Gasteiger partial charge in [0.25, 0.3) is 0 Å². The SMILES string of the molecule is Cc1cccc(Cl)c1NC(=O)C1CC2CCC1N2. The highest BCUT2D eigenvalue weighted by Gasteiger charge is 2.42. The van der Waals surface area contributed by atoms with Gasteiger partial charge in [0.15, 0.2) is 0 Å². The zero-order valence-electron chi connectivity index (χ0n) is 10.4. The Morgan fingerprint density at radius 1 is 1.44 bits per heavy atom. The third-order valence-corrected chi connectivity index (χ3v) is 4.42. The summed E-state index contributed by atoms with van der Waals surface area (Å²) < 4.78 is 0. The van der Waals surface area contributed by atoms with Crippen LogP contribution in [0, 0.1) is 12.8 Å². The van der Waals surface area contributed by atoms with E-state index in [-0.39, 0.29) is 11.8 Å². The smallest absolute Gasteiger partial charge is 0.229 e. The van der Waals surface area contributed by atoms with Crippen LogP contribution >= 0.6 is 11.6 Å². The maximum Gasteiger partial charge on any atom is 0.229 e. The van der Waals surface area contributed by atoms with Crippen molar-refractivity contribution in [1.82, 2.24) is 5.32 Å². The summed E-state index contributed by atoms with van der Waals surface area (Å²) in [6, 6.07) is 6.56. The Balaban J connectivity index is 1.75. The second-order valence-electron chi connectivity index (χ2n) is 5.31. The van der Waals surface area contributed by atoms with Crippen molar-refractivity contribution in [1.29, 1.82) is 0 Å². The number of fused-ring (bicyclic) bond motifs is 2. The number of halogens is 1. The van der Waals surface area contributed by atoms with E-state index in [0.717, 1.165) is 24.1 Å². The van der Waals surface area contributed by atoms with Crippen LogP contribution in [0.5, 0.6) is 0 Å². The standard InChI is InChI=1S/C14H17ClN2O/c1-8-3-2-4-11(15)13(8)17-14(18)10-7-9-5-6-12(10)16-9/h2-4,9-10,12,16H,5-7H2,1H3,(H,17,18). The quantitative estimate of drug-likeness (QED) is 0.862. The lowest BCUT2D eigenvalue weighted by molar-refractivity contribution is -0.120. The van der Waals surface area contributed by atoms with E-state index in [9.17, 15) is 4.79 Å². The molecular formula is C14H17ClN2O. The molecule has 0 aliphatic carbocycles. The van der Waals surface area contributed by atoms with Gasteiger partial charge in [-0.05, 0) is 37.8 Å². The maximum absolute atomic E-state index is 12.3. The first-order chi connectivity index (χ1) is 8.65. The predicted molar refractivity (Wildman–Crippen MR) is 72.9 cm³/mol. The topological polar surface area (TPSA) is 41.1 Å². The van der Waals surface area contributed by atoms with Crippen LogP contribution in [0.2, 0.25) is 5.02 Å². The summed E-state index contributed by atoms with van der Waals surface area (Å²) in [4.78, 5) is 12.3. The fourth-order valence-corrected chi connectivity index (χ4v) is 3.39. The average Bonchev–Trinajstić information content (AvgIpc) is 2.96. The number of para-hydroxylation sites is 1. The number of hydrogen-bond acceptors (Lipinski definition) is 2. The number of rotatable bonds is 2. The van der Waals surface area contributed by atoms with Crippen LogP contribution in [0.4, 0.5) is 5.69 Å². The molecule has 3 rings (SSSR count). The van der Waals surface area contributed by atoms with Gasteiger partial charge in [-0.2, -0.15) is 0 Å². The van der Waals surface area contributed by atoms with Gasteiger partial charge in [-0.15, -0.1) is 0 Å². The van der Waals surface area contributed by atoms with E-state index in [0.29, 0.717) is 17.1 Å². The van der Waals surface area contributed by atoms with E-state index in [1.165, 1.54) is 6.42 Å². The van der Waals surface area contributed by atoms with Gasteiger partial charge in [0.2, 0.25) is 5.91 Å². The zero-order chi connectivity index (χ0) is 12.7. The van der Waals surface area contributed by atoms with E-state index in [2.05, 4.69) is 10.6 Å². The van der Waals surface area contributed by atoms with Crippen molar-refractivity contribution in [2.75, 3.05) is 5.32 Å². The molecule has 2 heterocycles. The Morgan fingerprint density at radius 3 is 2.89 bits per heavy atom. The molecule has 1 aromatic carbocycles. The summed E-state index contributed by atoms with van der Waals surface area (Å²) >= 11 is 6.13. The van der Waals surface area contributed by atoms with Gasteiger partial charge in [-0.3, -0.25) is 4.79 Å². The van der Waals surface area contributed by atoms with Gasteiger partial charge in [-0.25, -0.2) is 0 Å². The minimum absolute atomic E-state index is 0.0967. The molecule has 3 atom stereocenters. The first kappa shape index (κ1) is 12.0. The molecule has 0 spiro atoms. The molecule has 1 amide bonds. The molecule has 3 nitrogen and oxygen atoms in total. The fraction of sp³-hybridized carbons (Fsp3) is 0.500. The molecule has 2 N–H and O–H groups in total. The van der Waals surface area contributed by atoms with E-state index in [1.807, 2.05) is 25.1 Å². The molecular weight excluding hydrogens is 248 g/mol. The molecule has 0 saturated carbocycles. The third-order valence-electron chi connectivity index (χ3n) is 4.11. The van der Waals surface area contributed by atoms with E-state index >= 15 is 0 Å². The van der Waals surface area contributed by atoms with Gasteiger partial charge in [0.1, 0.15) is 0 Å². The number of carbonyl (C=O) groups is 1. The molecule has 0 aromatic heterocycles. The zero-order valence-corrected chi connectivity index (χ0v) is 11.1. The minimum atomic E-state index is 0.0967. The molecule has 96 valence electrons. The predicted octanol–water partition coefficient (Wildman–Crippen LogP) is 2.73. The van der Waals surface area contributed by atoms with Gasteiger partial charge in [0, 0.05) is 12.1 Å². The summed E-state index contributed by atoms with van der Waals surface area (Å²) in [5.41, 5.74) is 1.76. The maximum atomic E-state index is 12.3. The second-order valence-corrected chi connectivity index (χ2v) is 5.72. The largest absolute Gasteiger partial charge is 0.324 e. The van der Waals surface area contributed by atoms with Crippen LogP contribution in [0.25, 0.3) is 0 Å². The van der Waals surface area contributed by atoms with Crippen molar-refractivity contribution in [3.63, 3.8) is 0 Å². The molecule has 3 unspecified atom stereocenters. The monoisotopic (exact) mass is 264 g/mol. The molecule has 2 bridgehead atoms. The number of aryl methyl sites for hydroxylation is 1. The van der Waals surface area contributed by atoms with Crippen molar-refractivity contribution in [3.05, 3.63) is 28.8 Å². The summed E-state index contributed by atoms with van der Waals surface area (Å²) in [6.45, 7) is 1.96. The Morgan fingerprint density at radius 2 is 2.28 bits per heavy atom. The molecule has 2 aliphatic heterocycles. The first-order valence-electron chi connectivity index (χ1n) is 6.47. The highest BCUT2D eigenvalue weighted by molar-refractivity contribution is 6.33. The average molecular weight is 265 g/mol. The highest BCUT2D eigenvalue weighted by Crippen LogP contribution is 2.35. The molecule has 18 heavy (non-hydrogen) atoms. The van der Waals surface area contributed by atoms with Gasteiger partial charge in [0.05, 0.1) is 16.6 Å². The molecule has 2 aliphatic rings. The normalized spacial score (nSPS) is 29.6. The number of anilines is 1. The number of amides is 1. The van der Waals surface area contributed by atoms with E-state index < -0.39 is 0 Å². The van der Waals surface area contributed by atoms with Crippen molar-refractivity contribution >= 4 is 23.2 Å². The molecule has 2 saturated heterocycles. The fourth-order valence-electron chi connectivity index (χ4n) is 3.12. The highest BCUT2D eigenvalue weighted by atomic mass is 35.5. The lowest BCUT2D eigenvalue weighted by Gasteiger charge is -2.20. The second kappa shape index (κ2) is 4.56. The summed E-state index contributed by atoms with van der Waals surface area (Å²) in [6.07, 6.45) is 3.28. The van der Waals surface area contributed by atoms with Crippen LogP contribution < -0.4 is 10.6 Å². The van der Waals surface area contributed by atoms with Gasteiger partial charge < -0.3 is 10.6 Å². The number of nitrogens with one attached hydrogen (secondary N) is 2. The van der Waals surface area contributed by atoms with E-state index in [1.54, 1.807) is 0 Å². The first-order valence-corrected chi connectivity index (χ1v) is 6.85. The van der Waals surface area contributed by atoms with Gasteiger partial charge in [-0.1, -0.05) is 23.7 Å². The van der Waals surface area contributed by atoms with Crippen LogP contribution in [-0.2, 0) is 4.79 Å². The van der Waals surface area contributed by atoms with Crippen LogP contribution in [0.15, 0.2) is 18.2 Å². The van der Waals surface area contributed by atoms with Crippen molar-refractivity contribution in [2.24, 2.45) is 5.92 Å². The molecule has 4 heteroatoms. The Bertz CT molecular complexity index is 468. The Labute approximate surface area is 112 Å².